The first-order valence-electron chi connectivity index (χ1n) is 7.76. The predicted octanol–water partition coefficient (Wildman–Crippen LogP) is 3.73. The van der Waals surface area contributed by atoms with E-state index in [0.717, 1.165) is 31.4 Å². The zero-order chi connectivity index (χ0) is 16.3. The molecule has 1 aromatic rings. The minimum atomic E-state index is -0.472. The standard InChI is InChI=1S/C18H18N4S/c19-10-14-16(21)22-17(23-12-13-6-2-1-3-7-13)15(11-20)18(14)8-4-5-9-18/h1-3,6-7,14H,4-5,8-9,12H2,(H2,21,22). The maximum absolute atomic E-state index is 9.74. The Labute approximate surface area is 140 Å². The third kappa shape index (κ3) is 2.73. The van der Waals surface area contributed by atoms with Crippen LogP contribution in [0.5, 0.6) is 0 Å². The van der Waals surface area contributed by atoms with Gasteiger partial charge in [0.05, 0.1) is 17.7 Å². The SMILES string of the molecule is N#CC1=C(SCc2ccccc2)N=C(N)C(C#N)C12CCCC2. The average molecular weight is 322 g/mol. The van der Waals surface area contributed by atoms with Gasteiger partial charge in [-0.1, -0.05) is 43.2 Å². The molecule has 1 saturated carbocycles. The molecule has 2 aliphatic rings. The van der Waals surface area contributed by atoms with E-state index in [1.807, 2.05) is 18.2 Å². The van der Waals surface area contributed by atoms with Crippen molar-refractivity contribution in [3.8, 4) is 12.1 Å². The first kappa shape index (κ1) is 15.6. The molecule has 1 aliphatic heterocycles. The second-order valence-electron chi connectivity index (χ2n) is 6.03. The molecule has 1 spiro atoms. The van der Waals surface area contributed by atoms with Crippen molar-refractivity contribution in [2.24, 2.45) is 22.1 Å². The van der Waals surface area contributed by atoms with Gasteiger partial charge in [-0.25, -0.2) is 4.99 Å². The highest BCUT2D eigenvalue weighted by molar-refractivity contribution is 8.02. The van der Waals surface area contributed by atoms with Crippen LogP contribution >= 0.6 is 11.8 Å². The summed E-state index contributed by atoms with van der Waals surface area (Å²) in [5, 5.41) is 20.0. The fourth-order valence-electron chi connectivity index (χ4n) is 3.60. The van der Waals surface area contributed by atoms with Crippen LogP contribution in [0.4, 0.5) is 0 Å². The number of nitrogens with zero attached hydrogens (tertiary/aromatic N) is 3. The van der Waals surface area contributed by atoms with Gasteiger partial charge < -0.3 is 5.73 Å². The molecule has 1 unspecified atom stereocenters. The number of aliphatic imine (C=N–C) groups is 1. The Morgan fingerprint density at radius 2 is 1.91 bits per heavy atom. The summed E-state index contributed by atoms with van der Waals surface area (Å²) in [6.07, 6.45) is 3.76. The van der Waals surface area contributed by atoms with Crippen molar-refractivity contribution in [2.45, 2.75) is 31.4 Å². The lowest BCUT2D eigenvalue weighted by molar-refractivity contribution is 0.329. The summed E-state index contributed by atoms with van der Waals surface area (Å²) in [6, 6.07) is 14.7. The van der Waals surface area contributed by atoms with Gasteiger partial charge in [-0.3, -0.25) is 0 Å². The van der Waals surface area contributed by atoms with Crippen LogP contribution in [-0.4, -0.2) is 5.84 Å². The van der Waals surface area contributed by atoms with E-state index in [4.69, 9.17) is 5.73 Å². The largest absolute Gasteiger partial charge is 0.386 e. The van der Waals surface area contributed by atoms with Crippen LogP contribution in [0, 0.1) is 34.0 Å². The van der Waals surface area contributed by atoms with Crippen molar-refractivity contribution in [3.05, 3.63) is 46.5 Å². The maximum Gasteiger partial charge on any atom is 0.119 e. The highest BCUT2D eigenvalue weighted by Gasteiger charge is 2.50. The van der Waals surface area contributed by atoms with Crippen molar-refractivity contribution in [1.29, 1.82) is 10.5 Å². The molecule has 2 N–H and O–H groups in total. The molecular weight excluding hydrogens is 304 g/mol. The van der Waals surface area contributed by atoms with Crippen molar-refractivity contribution in [1.82, 2.24) is 0 Å². The second kappa shape index (κ2) is 6.48. The zero-order valence-electron chi connectivity index (χ0n) is 12.8. The normalized spacial score (nSPS) is 22.5. The average Bonchev–Trinajstić information content (AvgIpc) is 3.04. The number of thioether (sulfide) groups is 1. The first-order chi connectivity index (χ1) is 11.2. The monoisotopic (exact) mass is 322 g/mol. The number of nitrogens with two attached hydrogens (primary N) is 1. The molecule has 1 aromatic carbocycles. The lowest BCUT2D eigenvalue weighted by Gasteiger charge is -2.36. The molecule has 5 heteroatoms. The molecule has 23 heavy (non-hydrogen) atoms. The zero-order valence-corrected chi connectivity index (χ0v) is 13.6. The highest BCUT2D eigenvalue weighted by atomic mass is 32.2. The summed E-state index contributed by atoms with van der Waals surface area (Å²) in [4.78, 5) is 4.41. The quantitative estimate of drug-likeness (QED) is 0.918. The smallest absolute Gasteiger partial charge is 0.119 e. The second-order valence-corrected chi connectivity index (χ2v) is 6.99. The number of allylic oxidation sites excluding steroid dienone is 1. The van der Waals surface area contributed by atoms with Crippen LogP contribution in [0.1, 0.15) is 31.2 Å². The summed E-state index contributed by atoms with van der Waals surface area (Å²) in [7, 11) is 0. The van der Waals surface area contributed by atoms with Gasteiger partial charge in [0.15, 0.2) is 0 Å². The maximum atomic E-state index is 9.74. The van der Waals surface area contributed by atoms with E-state index in [9.17, 15) is 10.5 Å². The van der Waals surface area contributed by atoms with Gasteiger partial charge in [0, 0.05) is 11.2 Å². The number of hydrogen-bond acceptors (Lipinski definition) is 5. The summed E-state index contributed by atoms with van der Waals surface area (Å²) in [6.45, 7) is 0. The van der Waals surface area contributed by atoms with Crippen LogP contribution in [-0.2, 0) is 5.75 Å². The molecule has 1 atom stereocenters. The Hall–Kier alpha value is -2.24. The van der Waals surface area contributed by atoms with Gasteiger partial charge in [0.1, 0.15) is 16.8 Å². The number of nitriles is 2. The molecule has 1 aliphatic carbocycles. The Morgan fingerprint density at radius 3 is 2.52 bits per heavy atom. The van der Waals surface area contributed by atoms with E-state index >= 15 is 0 Å². The van der Waals surface area contributed by atoms with E-state index in [-0.39, 0.29) is 0 Å². The molecule has 0 amide bonds. The summed E-state index contributed by atoms with van der Waals surface area (Å²) < 4.78 is 0. The molecular formula is C18H18N4S. The van der Waals surface area contributed by atoms with Crippen LogP contribution in [0.3, 0.4) is 0 Å². The number of hydrogen-bond donors (Lipinski definition) is 1. The van der Waals surface area contributed by atoms with E-state index in [2.05, 4.69) is 29.3 Å². The Bertz CT molecular complexity index is 731. The molecule has 116 valence electrons. The first-order valence-corrected chi connectivity index (χ1v) is 8.75. The molecule has 1 heterocycles. The van der Waals surface area contributed by atoms with E-state index in [0.29, 0.717) is 16.4 Å². The van der Waals surface area contributed by atoms with Crippen molar-refractivity contribution in [3.63, 3.8) is 0 Å². The Kier molecular flexibility index (Phi) is 4.41. The van der Waals surface area contributed by atoms with Crippen molar-refractivity contribution >= 4 is 17.6 Å². The van der Waals surface area contributed by atoms with E-state index in [1.165, 1.54) is 5.56 Å². The van der Waals surface area contributed by atoms with Gasteiger partial charge in [-0.05, 0) is 18.4 Å². The number of rotatable bonds is 3. The molecule has 0 bridgehead atoms. The Morgan fingerprint density at radius 1 is 1.22 bits per heavy atom. The van der Waals surface area contributed by atoms with Gasteiger partial charge in [0.25, 0.3) is 0 Å². The molecule has 0 aromatic heterocycles. The summed E-state index contributed by atoms with van der Waals surface area (Å²) >= 11 is 1.54. The van der Waals surface area contributed by atoms with E-state index < -0.39 is 11.3 Å². The van der Waals surface area contributed by atoms with Crippen molar-refractivity contribution < 1.29 is 0 Å². The van der Waals surface area contributed by atoms with Gasteiger partial charge in [-0.2, -0.15) is 10.5 Å². The fourth-order valence-corrected chi connectivity index (χ4v) is 4.66. The Balaban J connectivity index is 1.95. The lowest BCUT2D eigenvalue weighted by Crippen LogP contribution is -2.41. The third-order valence-corrected chi connectivity index (χ3v) is 5.79. The van der Waals surface area contributed by atoms with Gasteiger partial charge in [-0.15, -0.1) is 11.8 Å². The molecule has 3 rings (SSSR count). The molecule has 4 nitrogen and oxygen atoms in total. The minimum absolute atomic E-state index is 0.365. The van der Waals surface area contributed by atoms with Gasteiger partial charge in [0.2, 0.25) is 0 Å². The molecule has 0 radical (unpaired) electrons. The number of amidine groups is 1. The van der Waals surface area contributed by atoms with Crippen LogP contribution in [0.25, 0.3) is 0 Å². The summed E-state index contributed by atoms with van der Waals surface area (Å²) in [5.74, 6) is 0.635. The summed E-state index contributed by atoms with van der Waals surface area (Å²) in [5.41, 5.74) is 7.51. The van der Waals surface area contributed by atoms with Gasteiger partial charge >= 0.3 is 0 Å². The molecule has 0 saturated heterocycles. The molecule has 1 fully saturated rings. The van der Waals surface area contributed by atoms with Crippen LogP contribution in [0.2, 0.25) is 0 Å². The predicted molar refractivity (Wildman–Crippen MR) is 92.0 cm³/mol. The number of benzene rings is 1. The fraction of sp³-hybridized carbons (Fsp3) is 0.389. The third-order valence-electron chi connectivity index (χ3n) is 4.75. The van der Waals surface area contributed by atoms with Crippen LogP contribution in [0.15, 0.2) is 45.9 Å². The highest BCUT2D eigenvalue weighted by Crippen LogP contribution is 2.54. The van der Waals surface area contributed by atoms with Crippen molar-refractivity contribution in [2.75, 3.05) is 0 Å². The lowest BCUT2D eigenvalue weighted by atomic mass is 9.68. The van der Waals surface area contributed by atoms with E-state index in [1.54, 1.807) is 11.8 Å². The minimum Gasteiger partial charge on any atom is -0.386 e. The van der Waals surface area contributed by atoms with Crippen LogP contribution < -0.4 is 5.73 Å². The topological polar surface area (TPSA) is 86.0 Å².